The van der Waals surface area contributed by atoms with Crippen LogP contribution >= 0.6 is 12.2 Å². The van der Waals surface area contributed by atoms with E-state index < -0.39 is 0 Å². The van der Waals surface area contributed by atoms with Crippen LogP contribution in [-0.2, 0) is 0 Å². The van der Waals surface area contributed by atoms with Gasteiger partial charge in [-0.25, -0.2) is 0 Å². The van der Waals surface area contributed by atoms with E-state index in [-0.39, 0.29) is 6.61 Å². The number of hydrogen-bond donors (Lipinski definition) is 3. The van der Waals surface area contributed by atoms with E-state index in [1.807, 2.05) is 6.20 Å². The number of rotatable bonds is 3. The number of aliphatic hydroxyl groups excluding tert-OH is 1. The van der Waals surface area contributed by atoms with E-state index >= 15 is 0 Å². The molecule has 1 heterocycles. The van der Waals surface area contributed by atoms with Crippen molar-refractivity contribution in [3.05, 3.63) is 27.8 Å². The van der Waals surface area contributed by atoms with Gasteiger partial charge in [-0.2, -0.15) is 0 Å². The summed E-state index contributed by atoms with van der Waals surface area (Å²) in [6.07, 6.45) is 4.05. The number of hydrogen-bond acceptors (Lipinski definition) is 2. The Labute approximate surface area is 101 Å². The van der Waals surface area contributed by atoms with Crippen LogP contribution in [0.2, 0.25) is 0 Å². The predicted molar refractivity (Wildman–Crippen MR) is 66.9 cm³/mol. The number of aromatic amines is 2. The lowest BCUT2D eigenvalue weighted by molar-refractivity contribution is 0.321. The number of nitrogens with one attached hydrogen (secondary N) is 2. The summed E-state index contributed by atoms with van der Waals surface area (Å²) in [6.45, 7) is 4.54. The van der Waals surface area contributed by atoms with Crippen molar-refractivity contribution < 1.29 is 5.11 Å². The van der Waals surface area contributed by atoms with E-state index in [1.54, 1.807) is 0 Å². The van der Waals surface area contributed by atoms with Crippen LogP contribution in [-0.4, -0.2) is 21.7 Å². The van der Waals surface area contributed by atoms with Gasteiger partial charge in [-0.3, -0.25) is 0 Å². The van der Waals surface area contributed by atoms with E-state index in [0.717, 1.165) is 12.8 Å². The summed E-state index contributed by atoms with van der Waals surface area (Å²) in [5.74, 6) is 1.04. The number of imidazole rings is 1. The van der Waals surface area contributed by atoms with Gasteiger partial charge < -0.3 is 15.1 Å². The third kappa shape index (κ3) is 2.13. The van der Waals surface area contributed by atoms with Gasteiger partial charge in [0.1, 0.15) is 0 Å². The van der Waals surface area contributed by atoms with Crippen molar-refractivity contribution in [2.75, 3.05) is 6.61 Å². The van der Waals surface area contributed by atoms with E-state index in [4.69, 9.17) is 12.2 Å². The number of aliphatic hydroxyl groups is 1. The molecule has 0 spiro atoms. The van der Waals surface area contributed by atoms with E-state index in [0.29, 0.717) is 16.6 Å². The Morgan fingerprint density at radius 3 is 2.81 bits per heavy atom. The molecule has 0 saturated carbocycles. The normalized spacial score (nSPS) is 22.8. The number of allylic oxidation sites excluding steroid dienone is 1. The molecule has 0 bridgehead atoms. The van der Waals surface area contributed by atoms with Crippen LogP contribution < -0.4 is 0 Å². The molecule has 0 saturated heterocycles. The highest BCUT2D eigenvalue weighted by Gasteiger charge is 2.27. The zero-order chi connectivity index (χ0) is 11.7. The average molecular weight is 238 g/mol. The molecule has 2 atom stereocenters. The maximum atomic E-state index is 9.22. The fraction of sp³-hybridized carbons (Fsp3) is 0.583. The molecular formula is C12H18N2OS. The van der Waals surface area contributed by atoms with Crippen LogP contribution in [0.4, 0.5) is 0 Å². The summed E-state index contributed by atoms with van der Waals surface area (Å²) in [5.41, 5.74) is 3.74. The zero-order valence-electron chi connectivity index (χ0n) is 9.71. The minimum atomic E-state index is 0.207. The molecule has 1 aromatic heterocycles. The summed E-state index contributed by atoms with van der Waals surface area (Å²) in [5, 5.41) is 9.22. The van der Waals surface area contributed by atoms with Gasteiger partial charge in [-0.05, 0) is 43.5 Å². The van der Waals surface area contributed by atoms with Crippen LogP contribution in [0, 0.1) is 10.7 Å². The third-order valence-electron chi connectivity index (χ3n) is 3.69. The quantitative estimate of drug-likeness (QED) is 0.560. The summed E-state index contributed by atoms with van der Waals surface area (Å²) in [7, 11) is 0. The van der Waals surface area contributed by atoms with Gasteiger partial charge in [0.05, 0.1) is 6.61 Å². The first-order chi connectivity index (χ1) is 7.61. The third-order valence-corrected chi connectivity index (χ3v) is 3.91. The highest BCUT2D eigenvalue weighted by Crippen LogP contribution is 2.39. The molecular weight excluding hydrogens is 220 g/mol. The second-order valence-electron chi connectivity index (χ2n) is 4.70. The molecule has 1 aromatic rings. The van der Waals surface area contributed by atoms with Gasteiger partial charge in [0.2, 0.25) is 0 Å². The zero-order valence-corrected chi connectivity index (χ0v) is 10.5. The average Bonchev–Trinajstić information content (AvgIpc) is 2.83. The van der Waals surface area contributed by atoms with Crippen LogP contribution in [0.5, 0.6) is 0 Å². The highest BCUT2D eigenvalue weighted by atomic mass is 32.1. The van der Waals surface area contributed by atoms with Crippen molar-refractivity contribution in [1.29, 1.82) is 0 Å². The molecule has 1 aliphatic rings. The lowest BCUT2D eigenvalue weighted by Gasteiger charge is -2.17. The molecule has 2 rings (SSSR count). The van der Waals surface area contributed by atoms with Gasteiger partial charge in [0, 0.05) is 17.8 Å². The summed E-state index contributed by atoms with van der Waals surface area (Å²) < 4.78 is 0.687. The number of H-pyrrole nitrogens is 2. The molecule has 0 radical (unpaired) electrons. The van der Waals surface area contributed by atoms with Gasteiger partial charge in [-0.1, -0.05) is 12.5 Å². The first-order valence-electron chi connectivity index (χ1n) is 5.67. The molecule has 0 aromatic carbocycles. The largest absolute Gasteiger partial charge is 0.392 e. The molecule has 4 heteroatoms. The Hall–Kier alpha value is -0.870. The highest BCUT2D eigenvalue weighted by molar-refractivity contribution is 7.71. The van der Waals surface area contributed by atoms with Crippen molar-refractivity contribution in [2.45, 2.75) is 32.6 Å². The Morgan fingerprint density at radius 1 is 1.56 bits per heavy atom. The van der Waals surface area contributed by atoms with Crippen LogP contribution in [0.25, 0.3) is 0 Å². The fourth-order valence-electron chi connectivity index (χ4n) is 2.50. The van der Waals surface area contributed by atoms with E-state index in [1.165, 1.54) is 16.8 Å². The molecule has 0 amide bonds. The Kier molecular flexibility index (Phi) is 3.30. The van der Waals surface area contributed by atoms with Crippen molar-refractivity contribution >= 4 is 12.2 Å². The lowest BCUT2D eigenvalue weighted by Crippen LogP contribution is -2.08. The molecule has 0 fully saturated rings. The second-order valence-corrected chi connectivity index (χ2v) is 5.11. The minimum Gasteiger partial charge on any atom is -0.392 e. The first-order valence-corrected chi connectivity index (χ1v) is 6.08. The second kappa shape index (κ2) is 4.55. The van der Waals surface area contributed by atoms with E-state index in [2.05, 4.69) is 23.8 Å². The Morgan fingerprint density at radius 2 is 2.31 bits per heavy atom. The van der Waals surface area contributed by atoms with Crippen LogP contribution in [0.15, 0.2) is 17.3 Å². The van der Waals surface area contributed by atoms with Crippen LogP contribution in [0.1, 0.15) is 38.3 Å². The lowest BCUT2D eigenvalue weighted by atomic mass is 9.88. The van der Waals surface area contributed by atoms with Crippen LogP contribution in [0.3, 0.4) is 0 Å². The summed E-state index contributed by atoms with van der Waals surface area (Å²) >= 11 is 5.03. The monoisotopic (exact) mass is 238 g/mol. The molecule has 2 unspecified atom stereocenters. The van der Waals surface area contributed by atoms with Crippen molar-refractivity contribution in [3.63, 3.8) is 0 Å². The number of aromatic nitrogens is 2. The van der Waals surface area contributed by atoms with E-state index in [9.17, 15) is 5.11 Å². The first kappa shape index (κ1) is 11.6. The molecule has 3 nitrogen and oxygen atoms in total. The van der Waals surface area contributed by atoms with Crippen molar-refractivity contribution in [3.8, 4) is 0 Å². The van der Waals surface area contributed by atoms with Gasteiger partial charge in [-0.15, -0.1) is 0 Å². The smallest absolute Gasteiger partial charge is 0.174 e. The molecule has 1 aliphatic carbocycles. The topological polar surface area (TPSA) is 51.8 Å². The van der Waals surface area contributed by atoms with Gasteiger partial charge in [0.25, 0.3) is 0 Å². The SMILES string of the molecule is CC1=C(CO)CC(C(C)c2c[nH]c(=S)[nH]2)C1. The van der Waals surface area contributed by atoms with Gasteiger partial charge >= 0.3 is 0 Å². The molecule has 3 N–H and O–H groups in total. The predicted octanol–water partition coefficient (Wildman–Crippen LogP) is 2.89. The van der Waals surface area contributed by atoms with Gasteiger partial charge in [0.15, 0.2) is 4.77 Å². The maximum absolute atomic E-state index is 9.22. The summed E-state index contributed by atoms with van der Waals surface area (Å²) in [6, 6.07) is 0. The fourth-order valence-corrected chi connectivity index (χ4v) is 2.68. The summed E-state index contributed by atoms with van der Waals surface area (Å²) in [4.78, 5) is 6.18. The van der Waals surface area contributed by atoms with Crippen molar-refractivity contribution in [2.24, 2.45) is 5.92 Å². The molecule has 88 valence electrons. The Bertz CT molecular complexity index is 458. The molecule has 0 aliphatic heterocycles. The standard InChI is InChI=1S/C12H18N2OS/c1-7-3-9(4-10(7)6-15)8(2)11-5-13-12(16)14-11/h5,8-9,15H,3-4,6H2,1-2H3,(H2,13,14,16). The maximum Gasteiger partial charge on any atom is 0.174 e. The minimum absolute atomic E-state index is 0.207. The molecule has 16 heavy (non-hydrogen) atoms. The Balaban J connectivity index is 2.09. The van der Waals surface area contributed by atoms with Crippen molar-refractivity contribution in [1.82, 2.24) is 9.97 Å².